The van der Waals surface area contributed by atoms with E-state index < -0.39 is 0 Å². The summed E-state index contributed by atoms with van der Waals surface area (Å²) >= 11 is 0. The quantitative estimate of drug-likeness (QED) is 0.941. The molecule has 23 heavy (non-hydrogen) atoms. The van der Waals surface area contributed by atoms with Crippen molar-refractivity contribution in [3.63, 3.8) is 0 Å². The van der Waals surface area contributed by atoms with Crippen molar-refractivity contribution in [2.75, 3.05) is 13.1 Å². The number of hydrogen-bond donors (Lipinski definition) is 1. The van der Waals surface area contributed by atoms with Crippen molar-refractivity contribution in [2.45, 2.75) is 38.4 Å². The number of aryl methyl sites for hydroxylation is 1. The van der Waals surface area contributed by atoms with E-state index in [0.29, 0.717) is 0 Å². The van der Waals surface area contributed by atoms with Crippen LogP contribution in [0.15, 0.2) is 40.8 Å². The fourth-order valence-corrected chi connectivity index (χ4v) is 5.26. The molecule has 1 N–H and O–H groups in total. The lowest BCUT2D eigenvalue weighted by atomic mass is 9.82. The maximum atomic E-state index is 5.79. The smallest absolute Gasteiger partial charge is 0.134 e. The molecule has 3 heteroatoms. The number of nitrogens with one attached hydrogen (secondary N) is 1. The predicted molar refractivity (Wildman–Crippen MR) is 91.1 cm³/mol. The summed E-state index contributed by atoms with van der Waals surface area (Å²) in [5.74, 6) is 3.74. The average Bonchev–Trinajstić information content (AvgIpc) is 3.30. The predicted octanol–water partition coefficient (Wildman–Crippen LogP) is 3.44. The van der Waals surface area contributed by atoms with Gasteiger partial charge in [0, 0.05) is 24.2 Å². The summed E-state index contributed by atoms with van der Waals surface area (Å²) < 4.78 is 5.79. The molecule has 3 saturated heterocycles. The highest BCUT2D eigenvalue weighted by Gasteiger charge is 2.54. The van der Waals surface area contributed by atoms with Gasteiger partial charge in [-0.15, -0.1) is 0 Å². The fraction of sp³-hybridized carbons (Fsp3) is 0.500. The van der Waals surface area contributed by atoms with E-state index in [4.69, 9.17) is 4.42 Å². The Morgan fingerprint density at radius 1 is 1.09 bits per heavy atom. The van der Waals surface area contributed by atoms with Crippen LogP contribution >= 0.6 is 0 Å². The van der Waals surface area contributed by atoms with Gasteiger partial charge in [-0.25, -0.2) is 0 Å². The molecule has 4 heterocycles. The Labute approximate surface area is 137 Å². The summed E-state index contributed by atoms with van der Waals surface area (Å²) in [6.45, 7) is 5.56. The molecule has 0 unspecified atom stereocenters. The first-order valence-corrected chi connectivity index (χ1v) is 8.92. The molecule has 120 valence electrons. The van der Waals surface area contributed by atoms with E-state index >= 15 is 0 Å². The fourth-order valence-electron chi connectivity index (χ4n) is 5.26. The molecule has 2 bridgehead atoms. The lowest BCUT2D eigenvalue weighted by Crippen LogP contribution is -2.33. The summed E-state index contributed by atoms with van der Waals surface area (Å²) in [6, 6.07) is 14.6. The van der Waals surface area contributed by atoms with Gasteiger partial charge in [0.15, 0.2) is 0 Å². The van der Waals surface area contributed by atoms with E-state index in [1.54, 1.807) is 0 Å². The van der Waals surface area contributed by atoms with E-state index in [1.165, 1.54) is 37.1 Å². The molecule has 3 aliphatic heterocycles. The van der Waals surface area contributed by atoms with Crippen molar-refractivity contribution < 1.29 is 4.42 Å². The van der Waals surface area contributed by atoms with Gasteiger partial charge in [0.25, 0.3) is 0 Å². The van der Waals surface area contributed by atoms with Gasteiger partial charge in [-0.2, -0.15) is 0 Å². The second-order valence-corrected chi connectivity index (χ2v) is 7.48. The Hall–Kier alpha value is -1.58. The highest BCUT2D eigenvalue weighted by molar-refractivity contribution is 5.58. The number of rotatable bonds is 3. The summed E-state index contributed by atoms with van der Waals surface area (Å²) in [7, 11) is 0. The third kappa shape index (κ3) is 2.18. The van der Waals surface area contributed by atoms with Crippen LogP contribution in [0.25, 0.3) is 11.3 Å². The third-order valence-corrected chi connectivity index (χ3v) is 6.23. The average molecular weight is 308 g/mol. The van der Waals surface area contributed by atoms with Crippen molar-refractivity contribution in [1.29, 1.82) is 0 Å². The number of furan rings is 1. The van der Waals surface area contributed by atoms with E-state index in [0.717, 1.165) is 42.0 Å². The highest BCUT2D eigenvalue weighted by atomic mass is 16.3. The minimum absolute atomic E-state index is 0.800. The third-order valence-electron chi connectivity index (χ3n) is 6.23. The molecule has 0 spiro atoms. The normalized spacial score (nSPS) is 32.6. The number of benzene rings is 1. The van der Waals surface area contributed by atoms with Crippen LogP contribution in [0.3, 0.4) is 0 Å². The maximum absolute atomic E-state index is 5.79. The van der Waals surface area contributed by atoms with Gasteiger partial charge >= 0.3 is 0 Å². The van der Waals surface area contributed by atoms with Crippen LogP contribution in [-0.4, -0.2) is 30.1 Å². The standard InChI is InChI=1S/C20H24N2O/c1-13-5-8-20(23-13)15-4-2-3-14(9-15)12-22-18-6-7-19(22)17-11-21-10-16(17)18/h2-5,8-9,16-19,21H,6-7,10-12H2,1H3/t16-,17+,18-,19+. The molecule has 3 fully saturated rings. The van der Waals surface area contributed by atoms with Crippen molar-refractivity contribution in [1.82, 2.24) is 10.2 Å². The zero-order chi connectivity index (χ0) is 15.4. The van der Waals surface area contributed by atoms with Crippen LogP contribution in [0.2, 0.25) is 0 Å². The second kappa shape index (κ2) is 5.22. The van der Waals surface area contributed by atoms with Gasteiger partial charge in [0.2, 0.25) is 0 Å². The summed E-state index contributed by atoms with van der Waals surface area (Å²) in [5.41, 5.74) is 2.62. The number of fused-ring (bicyclic) bond motifs is 5. The minimum atomic E-state index is 0.800. The van der Waals surface area contributed by atoms with E-state index in [2.05, 4.69) is 40.5 Å². The summed E-state index contributed by atoms with van der Waals surface area (Å²) in [6.07, 6.45) is 2.79. The van der Waals surface area contributed by atoms with Gasteiger partial charge < -0.3 is 9.73 Å². The van der Waals surface area contributed by atoms with Crippen LogP contribution in [0.5, 0.6) is 0 Å². The van der Waals surface area contributed by atoms with Crippen LogP contribution in [-0.2, 0) is 6.54 Å². The molecule has 4 atom stereocenters. The van der Waals surface area contributed by atoms with Crippen LogP contribution < -0.4 is 5.32 Å². The lowest BCUT2D eigenvalue weighted by Gasteiger charge is -2.24. The number of hydrogen-bond acceptors (Lipinski definition) is 3. The number of nitrogens with zero attached hydrogens (tertiary/aromatic N) is 1. The molecule has 3 aliphatic rings. The van der Waals surface area contributed by atoms with Crippen molar-refractivity contribution >= 4 is 0 Å². The first-order valence-electron chi connectivity index (χ1n) is 8.92. The Balaban J connectivity index is 1.39. The monoisotopic (exact) mass is 308 g/mol. The first kappa shape index (κ1) is 13.8. The molecule has 0 amide bonds. The van der Waals surface area contributed by atoms with Gasteiger partial charge in [-0.05, 0) is 68.5 Å². The molecule has 3 nitrogen and oxygen atoms in total. The molecule has 2 aromatic rings. The van der Waals surface area contributed by atoms with E-state index in [1.807, 2.05) is 13.0 Å². The molecule has 1 aromatic heterocycles. The summed E-state index contributed by atoms with van der Waals surface area (Å²) in [4.78, 5) is 2.79. The lowest BCUT2D eigenvalue weighted by molar-refractivity contribution is 0.218. The van der Waals surface area contributed by atoms with Crippen LogP contribution in [0, 0.1) is 18.8 Å². The zero-order valence-electron chi connectivity index (χ0n) is 13.7. The molecule has 0 radical (unpaired) electrons. The van der Waals surface area contributed by atoms with Crippen molar-refractivity contribution in [2.24, 2.45) is 11.8 Å². The van der Waals surface area contributed by atoms with Crippen molar-refractivity contribution in [3.8, 4) is 11.3 Å². The van der Waals surface area contributed by atoms with Gasteiger partial charge in [0.05, 0.1) is 0 Å². The van der Waals surface area contributed by atoms with Gasteiger partial charge in [0.1, 0.15) is 11.5 Å². The van der Waals surface area contributed by atoms with E-state index in [9.17, 15) is 0 Å². The van der Waals surface area contributed by atoms with E-state index in [-0.39, 0.29) is 0 Å². The summed E-state index contributed by atoms with van der Waals surface area (Å²) in [5, 5.41) is 3.60. The zero-order valence-corrected chi connectivity index (χ0v) is 13.7. The van der Waals surface area contributed by atoms with Gasteiger partial charge in [-0.3, -0.25) is 4.90 Å². The first-order chi connectivity index (χ1) is 11.3. The molecular weight excluding hydrogens is 284 g/mol. The molecule has 0 saturated carbocycles. The molecule has 5 rings (SSSR count). The van der Waals surface area contributed by atoms with Crippen LogP contribution in [0.4, 0.5) is 0 Å². The maximum Gasteiger partial charge on any atom is 0.134 e. The minimum Gasteiger partial charge on any atom is -0.461 e. The second-order valence-electron chi connectivity index (χ2n) is 7.48. The van der Waals surface area contributed by atoms with Gasteiger partial charge in [-0.1, -0.05) is 18.2 Å². The highest BCUT2D eigenvalue weighted by Crippen LogP contribution is 2.47. The Bertz CT molecular complexity index is 704. The molecular formula is C20H24N2O. The van der Waals surface area contributed by atoms with Crippen LogP contribution in [0.1, 0.15) is 24.2 Å². The van der Waals surface area contributed by atoms with Crippen molar-refractivity contribution in [3.05, 3.63) is 47.7 Å². The topological polar surface area (TPSA) is 28.4 Å². The molecule has 0 aliphatic carbocycles. The Morgan fingerprint density at radius 3 is 2.57 bits per heavy atom. The molecule has 1 aromatic carbocycles. The largest absolute Gasteiger partial charge is 0.461 e. The Kier molecular flexibility index (Phi) is 3.14. The SMILES string of the molecule is Cc1ccc(-c2cccc(CN3[C@@H]4CC[C@H]3[C@H]3CNC[C@H]34)c2)o1. The Morgan fingerprint density at radius 2 is 1.87 bits per heavy atom.